The number of piperidine rings is 1. The number of nitrogens with one attached hydrogen (secondary N) is 1. The van der Waals surface area contributed by atoms with Crippen molar-refractivity contribution < 1.29 is 4.79 Å². The molecular weight excluding hydrogens is 356 g/mol. The third-order valence-corrected chi connectivity index (χ3v) is 4.81. The Bertz CT molecular complexity index is 698. The standard InChI is InChI=1S/C17H19BrN4O/c1-12-6-8-22(9-7-12)16-10-15(19-11-20-16)21-17(23)13-4-2-3-5-14(13)18/h2-5,10-12H,6-9H2,1H3,(H,19,20,21,23). The van der Waals surface area contributed by atoms with E-state index in [1.54, 1.807) is 6.07 Å². The fourth-order valence-corrected chi connectivity index (χ4v) is 3.12. The minimum atomic E-state index is -0.186. The number of carbonyl (C=O) groups is 1. The number of nitrogens with zero attached hydrogens (tertiary/aromatic N) is 3. The van der Waals surface area contributed by atoms with Crippen LogP contribution in [0.3, 0.4) is 0 Å². The summed E-state index contributed by atoms with van der Waals surface area (Å²) in [6, 6.07) is 9.16. The van der Waals surface area contributed by atoms with Gasteiger partial charge in [-0.25, -0.2) is 9.97 Å². The van der Waals surface area contributed by atoms with Gasteiger partial charge in [-0.05, 0) is 46.8 Å². The molecule has 1 N–H and O–H groups in total. The van der Waals surface area contributed by atoms with Gasteiger partial charge >= 0.3 is 0 Å². The van der Waals surface area contributed by atoms with Crippen molar-refractivity contribution in [3.63, 3.8) is 0 Å². The van der Waals surface area contributed by atoms with Crippen molar-refractivity contribution >= 4 is 33.5 Å². The third-order valence-electron chi connectivity index (χ3n) is 4.12. The molecule has 1 amide bonds. The van der Waals surface area contributed by atoms with Crippen LogP contribution in [0.15, 0.2) is 41.1 Å². The SMILES string of the molecule is CC1CCN(c2cc(NC(=O)c3ccccc3Br)ncn2)CC1. The van der Waals surface area contributed by atoms with Gasteiger partial charge < -0.3 is 10.2 Å². The van der Waals surface area contributed by atoms with E-state index in [-0.39, 0.29) is 5.91 Å². The smallest absolute Gasteiger partial charge is 0.257 e. The third kappa shape index (κ3) is 3.88. The zero-order chi connectivity index (χ0) is 16.2. The molecule has 2 aromatic rings. The van der Waals surface area contributed by atoms with Crippen LogP contribution in [0, 0.1) is 5.92 Å². The molecule has 0 radical (unpaired) electrons. The van der Waals surface area contributed by atoms with Crippen LogP contribution in [0.2, 0.25) is 0 Å². The molecule has 0 atom stereocenters. The molecule has 0 aliphatic carbocycles. The van der Waals surface area contributed by atoms with Gasteiger partial charge in [0.15, 0.2) is 0 Å². The number of aromatic nitrogens is 2. The summed E-state index contributed by atoms with van der Waals surface area (Å²) in [4.78, 5) is 23.1. The molecule has 1 aromatic carbocycles. The van der Waals surface area contributed by atoms with Crippen LogP contribution in [-0.2, 0) is 0 Å². The van der Waals surface area contributed by atoms with Crippen molar-refractivity contribution in [1.29, 1.82) is 0 Å². The Balaban J connectivity index is 1.73. The van der Waals surface area contributed by atoms with E-state index in [1.165, 1.54) is 19.2 Å². The summed E-state index contributed by atoms with van der Waals surface area (Å²) in [5.41, 5.74) is 0.583. The van der Waals surface area contributed by atoms with Crippen LogP contribution in [0.1, 0.15) is 30.1 Å². The molecule has 2 heterocycles. The Labute approximate surface area is 144 Å². The van der Waals surface area contributed by atoms with Gasteiger partial charge in [0.2, 0.25) is 0 Å². The van der Waals surface area contributed by atoms with Gasteiger partial charge in [-0.3, -0.25) is 4.79 Å². The van der Waals surface area contributed by atoms with Crippen LogP contribution in [-0.4, -0.2) is 29.0 Å². The van der Waals surface area contributed by atoms with E-state index in [9.17, 15) is 4.79 Å². The minimum Gasteiger partial charge on any atom is -0.356 e. The first-order valence-electron chi connectivity index (χ1n) is 7.76. The maximum absolute atomic E-state index is 12.4. The van der Waals surface area contributed by atoms with Crippen molar-refractivity contribution in [3.8, 4) is 0 Å². The zero-order valence-corrected chi connectivity index (χ0v) is 14.6. The van der Waals surface area contributed by atoms with E-state index in [0.717, 1.165) is 29.3 Å². The van der Waals surface area contributed by atoms with Gasteiger partial charge in [0, 0.05) is 23.6 Å². The number of rotatable bonds is 3. The second-order valence-electron chi connectivity index (χ2n) is 5.86. The second kappa shape index (κ2) is 7.08. The van der Waals surface area contributed by atoms with Crippen LogP contribution in [0.5, 0.6) is 0 Å². The molecule has 5 nitrogen and oxygen atoms in total. The van der Waals surface area contributed by atoms with Gasteiger partial charge in [-0.15, -0.1) is 0 Å². The zero-order valence-electron chi connectivity index (χ0n) is 13.0. The Morgan fingerprint density at radius 3 is 2.74 bits per heavy atom. The molecule has 23 heavy (non-hydrogen) atoms. The summed E-state index contributed by atoms with van der Waals surface area (Å²) in [5, 5.41) is 2.84. The van der Waals surface area contributed by atoms with E-state index >= 15 is 0 Å². The Morgan fingerprint density at radius 1 is 1.26 bits per heavy atom. The molecule has 1 fully saturated rings. The number of hydrogen-bond acceptors (Lipinski definition) is 4. The highest BCUT2D eigenvalue weighted by molar-refractivity contribution is 9.10. The van der Waals surface area contributed by atoms with Crippen LogP contribution in [0.25, 0.3) is 0 Å². The molecule has 6 heteroatoms. The summed E-state index contributed by atoms with van der Waals surface area (Å²) in [6.07, 6.45) is 3.84. The largest absolute Gasteiger partial charge is 0.356 e. The number of benzene rings is 1. The molecule has 0 unspecified atom stereocenters. The minimum absolute atomic E-state index is 0.186. The summed E-state index contributed by atoms with van der Waals surface area (Å²) in [5.74, 6) is 1.97. The highest BCUT2D eigenvalue weighted by Crippen LogP contribution is 2.23. The molecule has 0 bridgehead atoms. The van der Waals surface area contributed by atoms with E-state index in [1.807, 2.05) is 24.3 Å². The van der Waals surface area contributed by atoms with Crippen LogP contribution < -0.4 is 10.2 Å². The van der Waals surface area contributed by atoms with Crippen molar-refractivity contribution in [1.82, 2.24) is 9.97 Å². The number of carbonyl (C=O) groups excluding carboxylic acids is 1. The molecule has 120 valence electrons. The molecule has 1 aliphatic rings. The van der Waals surface area contributed by atoms with Gasteiger partial charge in [0.1, 0.15) is 18.0 Å². The lowest BCUT2D eigenvalue weighted by atomic mass is 9.99. The van der Waals surface area contributed by atoms with Crippen molar-refractivity contribution in [2.75, 3.05) is 23.3 Å². The average molecular weight is 375 g/mol. The fourth-order valence-electron chi connectivity index (χ4n) is 2.66. The van der Waals surface area contributed by atoms with Crippen LogP contribution in [0.4, 0.5) is 11.6 Å². The molecule has 0 saturated carbocycles. The van der Waals surface area contributed by atoms with Gasteiger partial charge in [-0.2, -0.15) is 0 Å². The fraction of sp³-hybridized carbons (Fsp3) is 0.353. The maximum Gasteiger partial charge on any atom is 0.257 e. The van der Waals surface area contributed by atoms with Crippen molar-refractivity contribution in [2.45, 2.75) is 19.8 Å². The van der Waals surface area contributed by atoms with E-state index in [0.29, 0.717) is 11.4 Å². The molecule has 3 rings (SSSR count). The van der Waals surface area contributed by atoms with Crippen LogP contribution >= 0.6 is 15.9 Å². The lowest BCUT2D eigenvalue weighted by molar-refractivity contribution is 0.102. The van der Waals surface area contributed by atoms with Gasteiger partial charge in [0.25, 0.3) is 5.91 Å². The first kappa shape index (κ1) is 15.9. The number of anilines is 2. The highest BCUT2D eigenvalue weighted by Gasteiger charge is 2.18. The van der Waals surface area contributed by atoms with Gasteiger partial charge in [-0.1, -0.05) is 19.1 Å². The monoisotopic (exact) mass is 374 g/mol. The quantitative estimate of drug-likeness (QED) is 0.888. The summed E-state index contributed by atoms with van der Waals surface area (Å²) in [6.45, 7) is 4.27. The number of amides is 1. The normalized spacial score (nSPS) is 15.5. The van der Waals surface area contributed by atoms with E-state index < -0.39 is 0 Å². The van der Waals surface area contributed by atoms with Crippen molar-refractivity contribution in [2.24, 2.45) is 5.92 Å². The second-order valence-corrected chi connectivity index (χ2v) is 6.72. The molecule has 1 aromatic heterocycles. The maximum atomic E-state index is 12.4. The lowest BCUT2D eigenvalue weighted by Gasteiger charge is -2.31. The Hall–Kier alpha value is -1.95. The first-order valence-corrected chi connectivity index (χ1v) is 8.55. The number of hydrogen-bond donors (Lipinski definition) is 1. The molecule has 1 saturated heterocycles. The van der Waals surface area contributed by atoms with Gasteiger partial charge in [0.05, 0.1) is 5.56 Å². The topological polar surface area (TPSA) is 58.1 Å². The summed E-state index contributed by atoms with van der Waals surface area (Å²) >= 11 is 3.39. The molecule has 1 aliphatic heterocycles. The number of halogens is 1. The molecule has 0 spiro atoms. The van der Waals surface area contributed by atoms with E-state index in [4.69, 9.17) is 0 Å². The predicted molar refractivity (Wildman–Crippen MR) is 94.7 cm³/mol. The average Bonchev–Trinajstić information content (AvgIpc) is 2.56. The first-order chi connectivity index (χ1) is 11.1. The highest BCUT2D eigenvalue weighted by atomic mass is 79.9. The summed E-state index contributed by atoms with van der Waals surface area (Å²) < 4.78 is 0.761. The summed E-state index contributed by atoms with van der Waals surface area (Å²) in [7, 11) is 0. The predicted octanol–water partition coefficient (Wildman–Crippen LogP) is 3.73. The Morgan fingerprint density at radius 2 is 2.00 bits per heavy atom. The lowest BCUT2D eigenvalue weighted by Crippen LogP contribution is -2.33. The Kier molecular flexibility index (Phi) is 4.91. The van der Waals surface area contributed by atoms with E-state index in [2.05, 4.69) is 43.0 Å². The van der Waals surface area contributed by atoms with Crippen molar-refractivity contribution in [3.05, 3.63) is 46.7 Å². The molecular formula is C17H19BrN4O.